The Morgan fingerprint density at radius 3 is 2.74 bits per heavy atom. The van der Waals surface area contributed by atoms with E-state index in [1.54, 1.807) is 7.05 Å². The van der Waals surface area contributed by atoms with Gasteiger partial charge in [-0.2, -0.15) is 5.10 Å². The molecule has 0 saturated heterocycles. The molecule has 0 atom stereocenters. The van der Waals surface area contributed by atoms with Gasteiger partial charge in [-0.1, -0.05) is 19.1 Å². The average Bonchev–Trinajstić information content (AvgIpc) is 2.67. The summed E-state index contributed by atoms with van der Waals surface area (Å²) < 4.78 is 2.50. The third-order valence-corrected chi connectivity index (χ3v) is 3.77. The lowest BCUT2D eigenvalue weighted by Gasteiger charge is -2.07. The minimum absolute atomic E-state index is 0.240. The molecule has 1 aromatic carbocycles. The van der Waals surface area contributed by atoms with Crippen LogP contribution in [-0.2, 0) is 13.5 Å². The predicted octanol–water partition coefficient (Wildman–Crippen LogP) is 2.42. The Bertz CT molecular complexity index is 621. The van der Waals surface area contributed by atoms with Gasteiger partial charge in [0.1, 0.15) is 5.69 Å². The van der Waals surface area contributed by atoms with Crippen molar-refractivity contribution in [1.29, 1.82) is 0 Å². The van der Waals surface area contributed by atoms with Crippen molar-refractivity contribution in [1.82, 2.24) is 9.78 Å². The molecule has 0 fully saturated rings. The third kappa shape index (κ3) is 2.73. The molecule has 0 radical (unpaired) electrons. The lowest BCUT2D eigenvalue weighted by Crippen LogP contribution is -2.18. The highest BCUT2D eigenvalue weighted by Crippen LogP contribution is 2.21. The number of hydrogen-bond acceptors (Lipinski definition) is 3. The van der Waals surface area contributed by atoms with Crippen molar-refractivity contribution in [3.05, 3.63) is 39.2 Å². The second-order valence-electron chi connectivity index (χ2n) is 4.12. The molecule has 1 aromatic heterocycles. The molecule has 0 spiro atoms. The van der Waals surface area contributed by atoms with Crippen LogP contribution in [0.3, 0.4) is 0 Å². The minimum Gasteiger partial charge on any atom is -0.395 e. The van der Waals surface area contributed by atoms with E-state index in [4.69, 9.17) is 5.73 Å². The number of nitrogens with zero attached hydrogens (tertiary/aromatic N) is 2. The predicted molar refractivity (Wildman–Crippen MR) is 84.1 cm³/mol. The van der Waals surface area contributed by atoms with Crippen LogP contribution in [0, 0.1) is 3.57 Å². The van der Waals surface area contributed by atoms with Crippen LogP contribution >= 0.6 is 22.6 Å². The van der Waals surface area contributed by atoms with E-state index in [9.17, 15) is 4.79 Å². The van der Waals surface area contributed by atoms with Crippen molar-refractivity contribution in [3.63, 3.8) is 0 Å². The zero-order valence-electron chi connectivity index (χ0n) is 10.8. The summed E-state index contributed by atoms with van der Waals surface area (Å²) in [5, 5.41) is 7.10. The van der Waals surface area contributed by atoms with Crippen molar-refractivity contribution < 1.29 is 4.79 Å². The van der Waals surface area contributed by atoms with Crippen LogP contribution in [0.4, 0.5) is 11.4 Å². The molecule has 2 aromatic rings. The normalized spacial score (nSPS) is 10.5. The van der Waals surface area contributed by atoms with Gasteiger partial charge < -0.3 is 11.1 Å². The molecule has 6 heteroatoms. The van der Waals surface area contributed by atoms with Crippen molar-refractivity contribution in [2.24, 2.45) is 7.05 Å². The van der Waals surface area contributed by atoms with Crippen LogP contribution in [-0.4, -0.2) is 15.7 Å². The molecule has 0 aliphatic heterocycles. The van der Waals surface area contributed by atoms with Crippen LogP contribution in [0.25, 0.3) is 0 Å². The maximum absolute atomic E-state index is 12.3. The maximum Gasteiger partial charge on any atom is 0.276 e. The number of carbonyl (C=O) groups excluding carboxylic acids is 1. The molecule has 0 aliphatic rings. The fourth-order valence-electron chi connectivity index (χ4n) is 1.87. The van der Waals surface area contributed by atoms with Crippen LogP contribution in [0.5, 0.6) is 0 Å². The zero-order chi connectivity index (χ0) is 14.0. The lowest BCUT2D eigenvalue weighted by atomic mass is 10.2. The largest absolute Gasteiger partial charge is 0.395 e. The molecule has 2 rings (SSSR count). The van der Waals surface area contributed by atoms with Gasteiger partial charge in [0.05, 0.1) is 17.1 Å². The van der Waals surface area contributed by atoms with E-state index in [0.29, 0.717) is 17.8 Å². The van der Waals surface area contributed by atoms with Crippen LogP contribution in [0.1, 0.15) is 23.1 Å². The Morgan fingerprint density at radius 1 is 1.47 bits per heavy atom. The Hall–Kier alpha value is -1.57. The fraction of sp³-hybridized carbons (Fsp3) is 0.231. The van der Waals surface area contributed by atoms with Gasteiger partial charge in [0, 0.05) is 10.6 Å². The maximum atomic E-state index is 12.3. The summed E-state index contributed by atoms with van der Waals surface area (Å²) in [6, 6.07) is 7.58. The number of nitrogens with one attached hydrogen (secondary N) is 1. The molecule has 0 saturated carbocycles. The van der Waals surface area contributed by atoms with E-state index < -0.39 is 0 Å². The second kappa shape index (κ2) is 5.60. The number of amides is 1. The molecule has 3 N–H and O–H groups in total. The molecule has 0 bridgehead atoms. The first-order valence-electron chi connectivity index (χ1n) is 5.91. The zero-order valence-corrected chi connectivity index (χ0v) is 12.9. The topological polar surface area (TPSA) is 72.9 Å². The monoisotopic (exact) mass is 370 g/mol. The van der Waals surface area contributed by atoms with Gasteiger partial charge in [0.2, 0.25) is 0 Å². The molecule has 1 amide bonds. The SMILES string of the molecule is CCc1nn(C)c(C(=O)Nc2ccccc2I)c1N. The van der Waals surface area contributed by atoms with E-state index in [0.717, 1.165) is 15.0 Å². The van der Waals surface area contributed by atoms with Gasteiger partial charge in [0.25, 0.3) is 5.91 Å². The summed E-state index contributed by atoms with van der Waals surface area (Å²) in [7, 11) is 1.72. The Morgan fingerprint density at radius 2 is 2.16 bits per heavy atom. The summed E-state index contributed by atoms with van der Waals surface area (Å²) in [4.78, 5) is 12.3. The van der Waals surface area contributed by atoms with Crippen molar-refractivity contribution >= 4 is 39.9 Å². The second-order valence-corrected chi connectivity index (χ2v) is 5.28. The first-order chi connectivity index (χ1) is 9.04. The number of hydrogen-bond donors (Lipinski definition) is 2. The van der Waals surface area contributed by atoms with Crippen molar-refractivity contribution in [2.45, 2.75) is 13.3 Å². The Balaban J connectivity index is 2.31. The average molecular weight is 370 g/mol. The van der Waals surface area contributed by atoms with Gasteiger partial charge in [-0.25, -0.2) is 0 Å². The highest BCUT2D eigenvalue weighted by Gasteiger charge is 2.19. The van der Waals surface area contributed by atoms with Gasteiger partial charge in [-0.3, -0.25) is 9.48 Å². The highest BCUT2D eigenvalue weighted by atomic mass is 127. The third-order valence-electron chi connectivity index (χ3n) is 2.83. The van der Waals surface area contributed by atoms with Gasteiger partial charge >= 0.3 is 0 Å². The van der Waals surface area contributed by atoms with Crippen molar-refractivity contribution in [3.8, 4) is 0 Å². The minimum atomic E-state index is -0.240. The number of aryl methyl sites for hydroxylation is 2. The van der Waals surface area contributed by atoms with E-state index in [1.165, 1.54) is 4.68 Å². The van der Waals surface area contributed by atoms with Gasteiger partial charge in [0.15, 0.2) is 0 Å². The van der Waals surface area contributed by atoms with Gasteiger partial charge in [-0.05, 0) is 41.1 Å². The summed E-state index contributed by atoms with van der Waals surface area (Å²) in [5.74, 6) is -0.240. The van der Waals surface area contributed by atoms with Crippen LogP contribution in [0.2, 0.25) is 0 Å². The number of carbonyl (C=O) groups is 1. The standard InChI is InChI=1S/C13H15IN4O/c1-3-9-11(15)12(18(2)17-9)13(19)16-10-7-5-4-6-8(10)14/h4-7H,3,15H2,1-2H3,(H,16,19). The number of aromatic nitrogens is 2. The summed E-state index contributed by atoms with van der Waals surface area (Å²) in [5.41, 5.74) is 8.33. The number of nitrogens with two attached hydrogens (primary N) is 1. The molecular formula is C13H15IN4O. The quantitative estimate of drug-likeness (QED) is 0.816. The molecule has 19 heavy (non-hydrogen) atoms. The van der Waals surface area contributed by atoms with Crippen LogP contribution in [0.15, 0.2) is 24.3 Å². The fourth-order valence-corrected chi connectivity index (χ4v) is 2.39. The van der Waals surface area contributed by atoms with E-state index in [2.05, 4.69) is 33.0 Å². The molecule has 1 heterocycles. The van der Waals surface area contributed by atoms with Crippen molar-refractivity contribution in [2.75, 3.05) is 11.1 Å². The summed E-state index contributed by atoms with van der Waals surface area (Å²) in [6.45, 7) is 1.96. The first kappa shape index (κ1) is 13.9. The molecular weight excluding hydrogens is 355 g/mol. The Kier molecular flexibility index (Phi) is 4.08. The molecule has 0 unspecified atom stereocenters. The number of benzene rings is 1. The smallest absolute Gasteiger partial charge is 0.276 e. The Labute approximate surface area is 125 Å². The number of halogens is 1. The molecule has 0 aliphatic carbocycles. The number of rotatable bonds is 3. The van der Waals surface area contributed by atoms with Gasteiger partial charge in [-0.15, -0.1) is 0 Å². The lowest BCUT2D eigenvalue weighted by molar-refractivity contribution is 0.101. The van der Waals surface area contributed by atoms with E-state index in [1.807, 2.05) is 31.2 Å². The number of nitrogen functional groups attached to an aromatic ring is 1. The molecule has 100 valence electrons. The number of para-hydroxylation sites is 1. The highest BCUT2D eigenvalue weighted by molar-refractivity contribution is 14.1. The first-order valence-corrected chi connectivity index (χ1v) is 6.99. The van der Waals surface area contributed by atoms with Crippen LogP contribution < -0.4 is 11.1 Å². The van der Waals surface area contributed by atoms with E-state index >= 15 is 0 Å². The summed E-state index contributed by atoms with van der Waals surface area (Å²) in [6.07, 6.45) is 0.704. The van der Waals surface area contributed by atoms with E-state index in [-0.39, 0.29) is 5.91 Å². The number of anilines is 2. The molecule has 5 nitrogen and oxygen atoms in total. The summed E-state index contributed by atoms with van der Waals surface area (Å²) >= 11 is 2.17.